The monoisotopic (exact) mass is 398 g/mol. The van der Waals surface area contributed by atoms with E-state index in [1.807, 2.05) is 36.6 Å². The fourth-order valence-corrected chi connectivity index (χ4v) is 3.53. The molecule has 0 aliphatic carbocycles. The van der Waals surface area contributed by atoms with E-state index in [-0.39, 0.29) is 12.1 Å². The van der Waals surface area contributed by atoms with E-state index in [4.69, 9.17) is 9.84 Å². The molecule has 2 N–H and O–H groups in total. The normalized spacial score (nSPS) is 10.6. The molecule has 0 aliphatic rings. The molecule has 28 heavy (non-hydrogen) atoms. The Hall–Kier alpha value is -3.06. The number of hydrogen-bond acceptors (Lipinski definition) is 5. The maximum atomic E-state index is 12.4. The molecule has 146 valence electrons. The predicted octanol–water partition coefficient (Wildman–Crippen LogP) is 3.38. The summed E-state index contributed by atoms with van der Waals surface area (Å²) in [6.07, 6.45) is 2.54. The van der Waals surface area contributed by atoms with Crippen LogP contribution >= 0.6 is 11.3 Å². The minimum atomic E-state index is -0.921. The Morgan fingerprint density at radius 1 is 1.25 bits per heavy atom. The molecule has 1 aromatic carbocycles. The van der Waals surface area contributed by atoms with Crippen LogP contribution in [0.4, 0.5) is 5.69 Å². The van der Waals surface area contributed by atoms with Gasteiger partial charge in [-0.2, -0.15) is 0 Å². The molecule has 0 bridgehead atoms. The van der Waals surface area contributed by atoms with Crippen molar-refractivity contribution in [2.75, 3.05) is 18.5 Å². The number of benzene rings is 1. The van der Waals surface area contributed by atoms with Crippen molar-refractivity contribution in [2.24, 2.45) is 0 Å². The molecular weight excluding hydrogens is 376 g/mol. The molecule has 0 amide bonds. The number of carboxylic acid groups (broad SMARTS) is 1. The number of ether oxygens (including phenoxy) is 1. The van der Waals surface area contributed by atoms with Gasteiger partial charge in [0.05, 0.1) is 13.2 Å². The average Bonchev–Trinajstić information content (AvgIpc) is 3.18. The molecule has 2 heterocycles. The van der Waals surface area contributed by atoms with Gasteiger partial charge in [0, 0.05) is 29.2 Å². The van der Waals surface area contributed by atoms with Crippen molar-refractivity contribution in [3.63, 3.8) is 0 Å². The lowest BCUT2D eigenvalue weighted by Crippen LogP contribution is -2.20. The number of carbonyl (C=O) groups is 1. The van der Waals surface area contributed by atoms with Crippen molar-refractivity contribution in [3.05, 3.63) is 80.4 Å². The van der Waals surface area contributed by atoms with Crippen LogP contribution in [0, 0.1) is 6.92 Å². The van der Waals surface area contributed by atoms with E-state index in [0.29, 0.717) is 18.9 Å². The number of hydrogen-bond donors (Lipinski definition) is 2. The highest BCUT2D eigenvalue weighted by Gasteiger charge is 2.08. The van der Waals surface area contributed by atoms with Gasteiger partial charge in [0.25, 0.3) is 5.56 Å². The van der Waals surface area contributed by atoms with Crippen molar-refractivity contribution < 1.29 is 14.6 Å². The van der Waals surface area contributed by atoms with E-state index in [0.717, 1.165) is 23.2 Å². The third kappa shape index (κ3) is 5.23. The molecule has 3 rings (SSSR count). The first-order chi connectivity index (χ1) is 13.5. The van der Waals surface area contributed by atoms with Crippen LogP contribution in [0.1, 0.15) is 16.0 Å². The van der Waals surface area contributed by atoms with E-state index in [9.17, 15) is 9.59 Å². The summed E-state index contributed by atoms with van der Waals surface area (Å²) in [4.78, 5) is 24.4. The standard InChI is InChI=1S/C21H22N2O4S/c1-15-16(4-2-6-19(15)22-13-21(25)26)14-23-9-7-17(12-20(23)24)27-10-8-18-5-3-11-28-18/h2-7,9,11-12,22H,8,10,13-14H2,1H3,(H,25,26). The molecule has 0 unspecified atom stereocenters. The average molecular weight is 398 g/mol. The zero-order valence-electron chi connectivity index (χ0n) is 15.6. The Morgan fingerprint density at radius 3 is 2.82 bits per heavy atom. The summed E-state index contributed by atoms with van der Waals surface area (Å²) in [7, 11) is 0. The van der Waals surface area contributed by atoms with Gasteiger partial charge in [0.1, 0.15) is 12.3 Å². The third-order valence-electron chi connectivity index (χ3n) is 4.38. The minimum absolute atomic E-state index is 0.142. The molecule has 0 saturated carbocycles. The largest absolute Gasteiger partial charge is 0.493 e. The highest BCUT2D eigenvalue weighted by atomic mass is 32.1. The topological polar surface area (TPSA) is 80.6 Å². The van der Waals surface area contributed by atoms with E-state index < -0.39 is 5.97 Å². The summed E-state index contributed by atoms with van der Waals surface area (Å²) in [5, 5.41) is 13.8. The molecular formula is C21H22N2O4S. The molecule has 6 nitrogen and oxygen atoms in total. The summed E-state index contributed by atoms with van der Waals surface area (Å²) in [6, 6.07) is 13.0. The Labute approximate surface area is 167 Å². The van der Waals surface area contributed by atoms with Crippen LogP contribution in [0.3, 0.4) is 0 Å². The number of rotatable bonds is 9. The van der Waals surface area contributed by atoms with Gasteiger partial charge in [-0.25, -0.2) is 0 Å². The van der Waals surface area contributed by atoms with Crippen molar-refractivity contribution in [1.82, 2.24) is 4.57 Å². The van der Waals surface area contributed by atoms with Crippen molar-refractivity contribution in [3.8, 4) is 5.75 Å². The van der Waals surface area contributed by atoms with Gasteiger partial charge in [-0.05, 0) is 41.6 Å². The van der Waals surface area contributed by atoms with Gasteiger partial charge in [-0.15, -0.1) is 11.3 Å². The molecule has 0 saturated heterocycles. The van der Waals surface area contributed by atoms with E-state index in [1.165, 1.54) is 10.9 Å². The number of anilines is 1. The second-order valence-corrected chi connectivity index (χ2v) is 7.38. The number of carboxylic acids is 1. The molecule has 0 radical (unpaired) electrons. The fraction of sp³-hybridized carbons (Fsp3) is 0.238. The lowest BCUT2D eigenvalue weighted by Gasteiger charge is -2.14. The summed E-state index contributed by atoms with van der Waals surface area (Å²) in [6.45, 7) is 2.69. The Kier molecular flexibility index (Phi) is 6.49. The van der Waals surface area contributed by atoms with Gasteiger partial charge in [0.15, 0.2) is 0 Å². The van der Waals surface area contributed by atoms with Crippen molar-refractivity contribution in [1.29, 1.82) is 0 Å². The second kappa shape index (κ2) is 9.23. The van der Waals surface area contributed by atoms with Crippen LogP contribution in [0.25, 0.3) is 0 Å². The van der Waals surface area contributed by atoms with Crippen LogP contribution in [0.5, 0.6) is 5.75 Å². The molecule has 0 aliphatic heterocycles. The highest BCUT2D eigenvalue weighted by Crippen LogP contribution is 2.20. The van der Waals surface area contributed by atoms with Gasteiger partial charge >= 0.3 is 5.97 Å². The van der Waals surface area contributed by atoms with Gasteiger partial charge in [0.2, 0.25) is 0 Å². The van der Waals surface area contributed by atoms with Crippen LogP contribution in [0.2, 0.25) is 0 Å². The van der Waals surface area contributed by atoms with Crippen LogP contribution < -0.4 is 15.6 Å². The van der Waals surface area contributed by atoms with Crippen LogP contribution in [-0.2, 0) is 17.8 Å². The minimum Gasteiger partial charge on any atom is -0.493 e. The summed E-state index contributed by atoms with van der Waals surface area (Å²) in [5.74, 6) is -0.359. The first-order valence-corrected chi connectivity index (χ1v) is 9.81. The predicted molar refractivity (Wildman–Crippen MR) is 111 cm³/mol. The van der Waals surface area contributed by atoms with Gasteiger partial charge in [-0.1, -0.05) is 18.2 Å². The SMILES string of the molecule is Cc1c(Cn2ccc(OCCc3cccs3)cc2=O)cccc1NCC(=O)O. The maximum absolute atomic E-state index is 12.4. The van der Waals surface area contributed by atoms with E-state index in [1.54, 1.807) is 28.2 Å². The molecule has 0 fully saturated rings. The van der Waals surface area contributed by atoms with E-state index >= 15 is 0 Å². The first kappa shape index (κ1) is 19.7. The molecule has 0 atom stereocenters. The number of aromatic nitrogens is 1. The smallest absolute Gasteiger partial charge is 0.322 e. The summed E-state index contributed by atoms with van der Waals surface area (Å²) < 4.78 is 7.30. The number of pyridine rings is 1. The van der Waals surface area contributed by atoms with Crippen LogP contribution in [-0.4, -0.2) is 28.8 Å². The molecule has 0 spiro atoms. The summed E-state index contributed by atoms with van der Waals surface area (Å²) >= 11 is 1.69. The maximum Gasteiger partial charge on any atom is 0.322 e. The second-order valence-electron chi connectivity index (χ2n) is 6.34. The third-order valence-corrected chi connectivity index (χ3v) is 5.32. The Bertz CT molecular complexity index is 996. The number of thiophene rings is 1. The lowest BCUT2D eigenvalue weighted by molar-refractivity contribution is -0.134. The summed E-state index contributed by atoms with van der Waals surface area (Å²) in [5.41, 5.74) is 2.48. The molecule has 7 heteroatoms. The Balaban J connectivity index is 1.65. The first-order valence-electron chi connectivity index (χ1n) is 8.93. The molecule has 3 aromatic rings. The van der Waals surface area contributed by atoms with Crippen LogP contribution in [0.15, 0.2) is 58.8 Å². The van der Waals surface area contributed by atoms with Gasteiger partial charge in [-0.3, -0.25) is 9.59 Å². The Morgan fingerprint density at radius 2 is 2.11 bits per heavy atom. The van der Waals surface area contributed by atoms with Gasteiger partial charge < -0.3 is 19.7 Å². The van der Waals surface area contributed by atoms with Crippen molar-refractivity contribution in [2.45, 2.75) is 19.9 Å². The highest BCUT2D eigenvalue weighted by molar-refractivity contribution is 7.09. The number of nitrogens with zero attached hydrogens (tertiary/aromatic N) is 1. The zero-order valence-corrected chi connectivity index (χ0v) is 16.4. The lowest BCUT2D eigenvalue weighted by atomic mass is 10.1. The fourth-order valence-electron chi connectivity index (χ4n) is 2.83. The zero-order chi connectivity index (χ0) is 19.9. The van der Waals surface area contributed by atoms with Crippen molar-refractivity contribution >= 4 is 23.0 Å². The van der Waals surface area contributed by atoms with E-state index in [2.05, 4.69) is 11.4 Å². The quantitative estimate of drug-likeness (QED) is 0.578. The molecule has 2 aromatic heterocycles. The number of aliphatic carboxylic acids is 1. The number of nitrogens with one attached hydrogen (secondary N) is 1.